The first-order chi connectivity index (χ1) is 13.2. The molecule has 144 valence electrons. The fraction of sp³-hybridized carbons (Fsp3) is 0.458. The highest BCUT2D eigenvalue weighted by Crippen LogP contribution is 2.23. The van der Waals surface area contributed by atoms with Crippen LogP contribution in [-0.2, 0) is 12.8 Å². The van der Waals surface area contributed by atoms with E-state index in [1.54, 1.807) is 0 Å². The van der Waals surface area contributed by atoms with Gasteiger partial charge < -0.3 is 11.1 Å². The number of unbranched alkanes of at least 4 members (excludes halogenated alkanes) is 4. The average molecular weight is 364 g/mol. The Hall–Kier alpha value is -2.13. The number of nitrogens with two attached hydrogens (primary N) is 1. The van der Waals surface area contributed by atoms with Crippen LogP contribution in [0.5, 0.6) is 0 Å². The van der Waals surface area contributed by atoms with Gasteiger partial charge >= 0.3 is 0 Å². The molecule has 1 aliphatic rings. The number of nitrogen functional groups attached to an aromatic ring is 1. The van der Waals surface area contributed by atoms with E-state index in [4.69, 9.17) is 11.1 Å². The molecule has 1 atom stereocenters. The topological polar surface area (TPSA) is 61.9 Å². The van der Waals surface area contributed by atoms with Gasteiger partial charge in [-0.15, -0.1) is 0 Å². The predicted octanol–water partition coefficient (Wildman–Crippen LogP) is 4.78. The highest BCUT2D eigenvalue weighted by molar-refractivity contribution is 5.95. The average Bonchev–Trinajstić information content (AvgIpc) is 3.22. The molecule has 1 saturated heterocycles. The lowest BCUT2D eigenvalue weighted by molar-refractivity contribution is 0.613. The fourth-order valence-electron chi connectivity index (χ4n) is 4.02. The van der Waals surface area contributed by atoms with Crippen LogP contribution in [0.4, 0.5) is 0 Å². The monoisotopic (exact) mass is 363 g/mol. The van der Waals surface area contributed by atoms with Gasteiger partial charge in [0.25, 0.3) is 0 Å². The van der Waals surface area contributed by atoms with Gasteiger partial charge in [-0.2, -0.15) is 0 Å². The third-order valence-corrected chi connectivity index (χ3v) is 5.65. The zero-order valence-electron chi connectivity index (χ0n) is 16.3. The molecule has 3 heteroatoms. The van der Waals surface area contributed by atoms with Crippen molar-refractivity contribution in [2.75, 3.05) is 13.1 Å². The van der Waals surface area contributed by atoms with Gasteiger partial charge in [0, 0.05) is 12.1 Å². The predicted molar refractivity (Wildman–Crippen MR) is 115 cm³/mol. The maximum absolute atomic E-state index is 7.53. The lowest BCUT2D eigenvalue weighted by Crippen LogP contribution is -2.11. The van der Waals surface area contributed by atoms with E-state index >= 15 is 0 Å². The molecule has 0 aliphatic carbocycles. The molecule has 3 rings (SSSR count). The van der Waals surface area contributed by atoms with Crippen LogP contribution in [0, 0.1) is 5.41 Å². The second kappa shape index (κ2) is 10.3. The van der Waals surface area contributed by atoms with Crippen molar-refractivity contribution in [3.63, 3.8) is 0 Å². The van der Waals surface area contributed by atoms with Crippen LogP contribution in [0.2, 0.25) is 0 Å². The first kappa shape index (κ1) is 19.6. The molecule has 1 aliphatic heterocycles. The number of hydrogen-bond donors (Lipinski definition) is 3. The molecule has 0 amide bonds. The maximum atomic E-state index is 7.53. The Morgan fingerprint density at radius 2 is 1.59 bits per heavy atom. The number of aryl methyl sites for hydroxylation is 2. The van der Waals surface area contributed by atoms with Gasteiger partial charge in [0.2, 0.25) is 0 Å². The smallest absolute Gasteiger partial charge is 0.122 e. The summed E-state index contributed by atoms with van der Waals surface area (Å²) < 4.78 is 0. The van der Waals surface area contributed by atoms with Gasteiger partial charge in [-0.1, -0.05) is 61.7 Å². The summed E-state index contributed by atoms with van der Waals surface area (Å²) in [5.74, 6) is 0.872. The van der Waals surface area contributed by atoms with Crippen molar-refractivity contribution in [1.82, 2.24) is 5.32 Å². The summed E-state index contributed by atoms with van der Waals surface area (Å²) in [4.78, 5) is 0. The lowest BCUT2D eigenvalue weighted by atomic mass is 9.95. The molecule has 1 fully saturated rings. The largest absolute Gasteiger partial charge is 0.384 e. The number of amidine groups is 1. The molecule has 1 unspecified atom stereocenters. The van der Waals surface area contributed by atoms with Crippen molar-refractivity contribution in [1.29, 1.82) is 5.41 Å². The summed E-state index contributed by atoms with van der Waals surface area (Å²) in [5.41, 5.74) is 10.7. The molecule has 4 N–H and O–H groups in total. The quantitative estimate of drug-likeness (QED) is 0.323. The molecule has 0 bridgehead atoms. The van der Waals surface area contributed by atoms with Crippen molar-refractivity contribution in [2.24, 2.45) is 5.73 Å². The van der Waals surface area contributed by atoms with Gasteiger partial charge in [-0.05, 0) is 67.3 Å². The Kier molecular flexibility index (Phi) is 7.46. The van der Waals surface area contributed by atoms with E-state index in [1.165, 1.54) is 61.6 Å². The molecule has 2 aromatic carbocycles. The Morgan fingerprint density at radius 3 is 2.26 bits per heavy atom. The van der Waals surface area contributed by atoms with Crippen molar-refractivity contribution in [3.05, 3.63) is 70.8 Å². The standard InChI is InChI=1S/C24H33N3/c25-24(26)22-13-7-11-20(17-22)9-5-3-1-2-4-8-19-10-6-12-21(16-19)23-14-15-27-18-23/h6-7,10-13,16-17,23,27H,1-5,8-9,14-15,18H2,(H3,25,26). The third-order valence-electron chi connectivity index (χ3n) is 5.65. The molecule has 27 heavy (non-hydrogen) atoms. The number of nitrogens with one attached hydrogen (secondary N) is 2. The zero-order chi connectivity index (χ0) is 18.9. The molecule has 1 heterocycles. The molecule has 0 spiro atoms. The van der Waals surface area contributed by atoms with Gasteiger partial charge in [0.15, 0.2) is 0 Å². The van der Waals surface area contributed by atoms with E-state index < -0.39 is 0 Å². The second-order valence-electron chi connectivity index (χ2n) is 7.82. The minimum Gasteiger partial charge on any atom is -0.384 e. The summed E-state index contributed by atoms with van der Waals surface area (Å²) >= 11 is 0. The van der Waals surface area contributed by atoms with Gasteiger partial charge in [0.05, 0.1) is 0 Å². The van der Waals surface area contributed by atoms with Crippen molar-refractivity contribution in [3.8, 4) is 0 Å². The normalized spacial score (nSPS) is 16.5. The highest BCUT2D eigenvalue weighted by Gasteiger charge is 2.16. The number of benzene rings is 2. The zero-order valence-corrected chi connectivity index (χ0v) is 16.3. The summed E-state index contributed by atoms with van der Waals surface area (Å²) in [6, 6.07) is 17.3. The van der Waals surface area contributed by atoms with Crippen LogP contribution in [0.15, 0.2) is 48.5 Å². The Labute approximate surface area is 163 Å². The van der Waals surface area contributed by atoms with Crippen molar-refractivity contribution < 1.29 is 0 Å². The maximum Gasteiger partial charge on any atom is 0.122 e. The van der Waals surface area contributed by atoms with Gasteiger partial charge in [0.1, 0.15) is 5.84 Å². The highest BCUT2D eigenvalue weighted by atomic mass is 14.9. The first-order valence-corrected chi connectivity index (χ1v) is 10.5. The van der Waals surface area contributed by atoms with E-state index in [1.807, 2.05) is 12.1 Å². The molecule has 3 nitrogen and oxygen atoms in total. The number of hydrogen-bond acceptors (Lipinski definition) is 2. The Morgan fingerprint density at radius 1 is 0.926 bits per heavy atom. The second-order valence-corrected chi connectivity index (χ2v) is 7.82. The molecule has 2 aromatic rings. The van der Waals surface area contributed by atoms with Crippen LogP contribution in [0.25, 0.3) is 0 Å². The van der Waals surface area contributed by atoms with Crippen LogP contribution in [-0.4, -0.2) is 18.9 Å². The Bertz CT molecular complexity index is 732. The summed E-state index contributed by atoms with van der Waals surface area (Å²) in [7, 11) is 0. The van der Waals surface area contributed by atoms with E-state index in [0.717, 1.165) is 25.1 Å². The van der Waals surface area contributed by atoms with E-state index in [2.05, 4.69) is 41.7 Å². The lowest BCUT2D eigenvalue weighted by Gasteiger charge is -2.10. The SMILES string of the molecule is N=C(N)c1cccc(CCCCCCCc2cccc(C3CCNC3)c2)c1. The number of rotatable bonds is 10. The summed E-state index contributed by atoms with van der Waals surface area (Å²) in [6.07, 6.45) is 9.95. The van der Waals surface area contributed by atoms with E-state index in [0.29, 0.717) is 5.92 Å². The first-order valence-electron chi connectivity index (χ1n) is 10.5. The summed E-state index contributed by atoms with van der Waals surface area (Å²) in [6.45, 7) is 2.30. The molecular formula is C24H33N3. The third kappa shape index (κ3) is 6.21. The van der Waals surface area contributed by atoms with Gasteiger partial charge in [-0.25, -0.2) is 0 Å². The van der Waals surface area contributed by atoms with E-state index in [-0.39, 0.29) is 5.84 Å². The molecule has 0 saturated carbocycles. The molecule has 0 radical (unpaired) electrons. The fourth-order valence-corrected chi connectivity index (χ4v) is 4.02. The minimum absolute atomic E-state index is 0.158. The van der Waals surface area contributed by atoms with E-state index in [9.17, 15) is 0 Å². The van der Waals surface area contributed by atoms with Crippen molar-refractivity contribution >= 4 is 5.84 Å². The van der Waals surface area contributed by atoms with Crippen LogP contribution in [0.3, 0.4) is 0 Å². The summed E-state index contributed by atoms with van der Waals surface area (Å²) in [5, 5.41) is 11.0. The Balaban J connectivity index is 1.31. The van der Waals surface area contributed by atoms with Gasteiger partial charge in [-0.3, -0.25) is 5.41 Å². The van der Waals surface area contributed by atoms with Crippen molar-refractivity contribution in [2.45, 2.75) is 57.3 Å². The molecule has 0 aromatic heterocycles. The van der Waals surface area contributed by atoms with Crippen LogP contribution >= 0.6 is 0 Å². The van der Waals surface area contributed by atoms with Crippen LogP contribution < -0.4 is 11.1 Å². The molecular weight excluding hydrogens is 330 g/mol. The van der Waals surface area contributed by atoms with Crippen LogP contribution in [0.1, 0.15) is 66.7 Å². The minimum atomic E-state index is 0.158.